The molecule has 0 aliphatic heterocycles. The van der Waals surface area contributed by atoms with Gasteiger partial charge in [-0.05, 0) is 25.5 Å². The Morgan fingerprint density at radius 3 is 2.62 bits per heavy atom. The zero-order valence-corrected chi connectivity index (χ0v) is 7.96. The molecule has 0 fully saturated rings. The molecule has 0 amide bonds. The van der Waals surface area contributed by atoms with Crippen LogP contribution in [0.1, 0.15) is 16.7 Å². The van der Waals surface area contributed by atoms with E-state index in [1.54, 1.807) is 6.08 Å². The lowest BCUT2D eigenvalue weighted by Crippen LogP contribution is -1.99. The van der Waals surface area contributed by atoms with E-state index >= 15 is 0 Å². The summed E-state index contributed by atoms with van der Waals surface area (Å²) in [7, 11) is 0. The van der Waals surface area contributed by atoms with E-state index in [-0.39, 0.29) is 0 Å². The first-order chi connectivity index (χ1) is 6.15. The molecule has 13 heavy (non-hydrogen) atoms. The van der Waals surface area contributed by atoms with Crippen molar-refractivity contribution in [2.24, 2.45) is 5.73 Å². The summed E-state index contributed by atoms with van der Waals surface area (Å²) in [5.74, 6) is 0. The lowest BCUT2D eigenvalue weighted by Gasteiger charge is -2.05. The van der Waals surface area contributed by atoms with Gasteiger partial charge in [-0.15, -0.1) is 0 Å². The number of benzene rings is 1. The molecule has 0 radical (unpaired) electrons. The molecule has 0 atom stereocenters. The Morgan fingerprint density at radius 1 is 1.38 bits per heavy atom. The highest BCUT2D eigenvalue weighted by atomic mass is 14.6. The second-order valence-corrected chi connectivity index (χ2v) is 3.11. The van der Waals surface area contributed by atoms with Crippen LogP contribution in [0, 0.1) is 19.3 Å². The molecule has 0 aromatic heterocycles. The Kier molecular flexibility index (Phi) is 2.85. The maximum absolute atomic E-state index is 6.91. The summed E-state index contributed by atoms with van der Waals surface area (Å²) < 4.78 is 0. The summed E-state index contributed by atoms with van der Waals surface area (Å²) in [5, 5.41) is 6.91. The van der Waals surface area contributed by atoms with Crippen LogP contribution in [-0.2, 0) is 0 Å². The van der Waals surface area contributed by atoms with E-state index in [9.17, 15) is 0 Å². The Balaban J connectivity index is 3.15. The van der Waals surface area contributed by atoms with Gasteiger partial charge in [0.15, 0.2) is 0 Å². The van der Waals surface area contributed by atoms with E-state index in [4.69, 9.17) is 11.1 Å². The van der Waals surface area contributed by atoms with Gasteiger partial charge in [0.25, 0.3) is 0 Å². The third kappa shape index (κ3) is 2.18. The van der Waals surface area contributed by atoms with Crippen molar-refractivity contribution in [2.45, 2.75) is 13.8 Å². The SMILES string of the molecule is Cc1ccc(C(N)=CC=N)c(C)c1. The number of nitrogens with one attached hydrogen (secondary N) is 1. The van der Waals surface area contributed by atoms with Gasteiger partial charge in [0.1, 0.15) is 0 Å². The molecule has 1 rings (SSSR count). The third-order valence-corrected chi connectivity index (χ3v) is 1.96. The van der Waals surface area contributed by atoms with Gasteiger partial charge in [0.2, 0.25) is 0 Å². The van der Waals surface area contributed by atoms with Crippen LogP contribution in [-0.4, -0.2) is 6.21 Å². The first kappa shape index (κ1) is 9.52. The molecule has 2 heteroatoms. The fourth-order valence-corrected chi connectivity index (χ4v) is 1.32. The Bertz CT molecular complexity index is 351. The summed E-state index contributed by atoms with van der Waals surface area (Å²) in [6.07, 6.45) is 2.80. The topological polar surface area (TPSA) is 49.9 Å². The highest BCUT2D eigenvalue weighted by Crippen LogP contribution is 2.15. The standard InChI is InChI=1S/C11H14N2/c1-8-3-4-10(9(2)7-8)11(13)5-6-12/h3-7,12H,13H2,1-2H3. The number of allylic oxidation sites excluding steroid dienone is 1. The number of hydrogen-bond acceptors (Lipinski definition) is 2. The van der Waals surface area contributed by atoms with Crippen LogP contribution < -0.4 is 5.73 Å². The molecule has 68 valence electrons. The molecule has 0 aliphatic rings. The maximum atomic E-state index is 6.91. The predicted molar refractivity (Wildman–Crippen MR) is 56.9 cm³/mol. The molecule has 0 bridgehead atoms. The van der Waals surface area contributed by atoms with Crippen LogP contribution in [0.5, 0.6) is 0 Å². The van der Waals surface area contributed by atoms with Crippen LogP contribution in [0.3, 0.4) is 0 Å². The highest BCUT2D eigenvalue weighted by Gasteiger charge is 1.99. The van der Waals surface area contributed by atoms with Crippen molar-refractivity contribution in [1.29, 1.82) is 5.41 Å². The zero-order chi connectivity index (χ0) is 9.84. The maximum Gasteiger partial charge on any atom is 0.0405 e. The molecule has 1 aromatic carbocycles. The Labute approximate surface area is 78.6 Å². The van der Waals surface area contributed by atoms with Crippen LogP contribution in [0.2, 0.25) is 0 Å². The van der Waals surface area contributed by atoms with Crippen molar-refractivity contribution in [1.82, 2.24) is 0 Å². The summed E-state index contributed by atoms with van der Waals surface area (Å²) in [6, 6.07) is 6.09. The first-order valence-corrected chi connectivity index (χ1v) is 4.19. The van der Waals surface area contributed by atoms with Crippen LogP contribution >= 0.6 is 0 Å². The number of aryl methyl sites for hydroxylation is 2. The van der Waals surface area contributed by atoms with E-state index in [1.807, 2.05) is 26.0 Å². The van der Waals surface area contributed by atoms with E-state index in [2.05, 4.69) is 6.07 Å². The van der Waals surface area contributed by atoms with Crippen LogP contribution in [0.15, 0.2) is 24.3 Å². The van der Waals surface area contributed by atoms with Crippen molar-refractivity contribution in [3.8, 4) is 0 Å². The quantitative estimate of drug-likeness (QED) is 0.664. The minimum atomic E-state index is 0.646. The second kappa shape index (κ2) is 3.90. The zero-order valence-electron chi connectivity index (χ0n) is 7.96. The average molecular weight is 174 g/mol. The monoisotopic (exact) mass is 174 g/mol. The van der Waals surface area contributed by atoms with Crippen molar-refractivity contribution in [3.63, 3.8) is 0 Å². The lowest BCUT2D eigenvalue weighted by molar-refractivity contribution is 1.34. The summed E-state index contributed by atoms with van der Waals surface area (Å²) in [5.41, 5.74) is 9.80. The van der Waals surface area contributed by atoms with Gasteiger partial charge >= 0.3 is 0 Å². The molecule has 3 N–H and O–H groups in total. The minimum absolute atomic E-state index is 0.646. The molecule has 0 spiro atoms. The van der Waals surface area contributed by atoms with Gasteiger partial charge < -0.3 is 11.1 Å². The second-order valence-electron chi connectivity index (χ2n) is 3.11. The van der Waals surface area contributed by atoms with Crippen molar-refractivity contribution in [3.05, 3.63) is 41.0 Å². The number of nitrogens with two attached hydrogens (primary N) is 1. The Morgan fingerprint density at radius 2 is 2.08 bits per heavy atom. The molecule has 0 saturated carbocycles. The van der Waals surface area contributed by atoms with Crippen molar-refractivity contribution < 1.29 is 0 Å². The summed E-state index contributed by atoms with van der Waals surface area (Å²) >= 11 is 0. The average Bonchev–Trinajstić information content (AvgIpc) is 2.04. The third-order valence-electron chi connectivity index (χ3n) is 1.96. The molecule has 0 aliphatic carbocycles. The highest BCUT2D eigenvalue weighted by molar-refractivity contribution is 5.82. The fourth-order valence-electron chi connectivity index (χ4n) is 1.32. The Hall–Kier alpha value is -1.57. The van der Waals surface area contributed by atoms with Gasteiger partial charge in [-0.2, -0.15) is 0 Å². The smallest absolute Gasteiger partial charge is 0.0405 e. The number of rotatable bonds is 2. The van der Waals surface area contributed by atoms with E-state index < -0.39 is 0 Å². The minimum Gasteiger partial charge on any atom is -0.398 e. The van der Waals surface area contributed by atoms with Gasteiger partial charge in [0.05, 0.1) is 0 Å². The van der Waals surface area contributed by atoms with E-state index in [0.29, 0.717) is 5.70 Å². The van der Waals surface area contributed by atoms with Gasteiger partial charge in [0, 0.05) is 17.5 Å². The van der Waals surface area contributed by atoms with Gasteiger partial charge in [-0.3, -0.25) is 0 Å². The van der Waals surface area contributed by atoms with Crippen LogP contribution in [0.25, 0.3) is 5.70 Å². The fraction of sp³-hybridized carbons (Fsp3) is 0.182. The molecular weight excluding hydrogens is 160 g/mol. The van der Waals surface area contributed by atoms with Gasteiger partial charge in [-0.25, -0.2) is 0 Å². The van der Waals surface area contributed by atoms with E-state index in [1.165, 1.54) is 11.8 Å². The predicted octanol–water partition coefficient (Wildman–Crippen LogP) is 2.25. The van der Waals surface area contributed by atoms with E-state index in [0.717, 1.165) is 11.1 Å². The molecular formula is C11H14N2. The van der Waals surface area contributed by atoms with Crippen molar-refractivity contribution in [2.75, 3.05) is 0 Å². The molecule has 0 unspecified atom stereocenters. The van der Waals surface area contributed by atoms with Crippen LogP contribution in [0.4, 0.5) is 0 Å². The number of hydrogen-bond donors (Lipinski definition) is 2. The molecule has 2 nitrogen and oxygen atoms in total. The lowest BCUT2D eigenvalue weighted by atomic mass is 10.0. The van der Waals surface area contributed by atoms with Crippen molar-refractivity contribution >= 4 is 11.9 Å². The molecule has 1 aromatic rings. The summed E-state index contributed by atoms with van der Waals surface area (Å²) in [6.45, 7) is 4.07. The normalized spacial score (nSPS) is 11.4. The first-order valence-electron chi connectivity index (χ1n) is 4.19. The summed E-state index contributed by atoms with van der Waals surface area (Å²) in [4.78, 5) is 0. The van der Waals surface area contributed by atoms with Gasteiger partial charge in [-0.1, -0.05) is 23.8 Å². The molecule has 0 heterocycles. The largest absolute Gasteiger partial charge is 0.398 e. The molecule has 0 saturated heterocycles.